The third-order valence-corrected chi connectivity index (χ3v) is 4.60. The average molecular weight is 416 g/mol. The Morgan fingerprint density at radius 2 is 1.52 bits per heavy atom. The summed E-state index contributed by atoms with van der Waals surface area (Å²) in [5, 5.41) is 5.26. The molecule has 31 heavy (non-hydrogen) atoms. The Morgan fingerprint density at radius 3 is 2.26 bits per heavy atom. The summed E-state index contributed by atoms with van der Waals surface area (Å²) in [6.07, 6.45) is 0.669. The first-order valence-electron chi connectivity index (χ1n) is 9.93. The SMILES string of the molecule is Cc1ccc(C(=O)NCC(=O)OCC(=O)Nc2ccccc2Cc2ccccc2)cc1. The van der Waals surface area contributed by atoms with E-state index >= 15 is 0 Å². The largest absolute Gasteiger partial charge is 0.454 e. The van der Waals surface area contributed by atoms with Gasteiger partial charge >= 0.3 is 5.97 Å². The maximum Gasteiger partial charge on any atom is 0.325 e. The van der Waals surface area contributed by atoms with Crippen LogP contribution < -0.4 is 10.6 Å². The number of hydrogen-bond acceptors (Lipinski definition) is 4. The van der Waals surface area contributed by atoms with Crippen molar-refractivity contribution >= 4 is 23.5 Å². The minimum Gasteiger partial charge on any atom is -0.454 e. The average Bonchev–Trinajstić information content (AvgIpc) is 2.78. The number of amides is 2. The Balaban J connectivity index is 1.46. The van der Waals surface area contributed by atoms with Crippen LogP contribution in [0.4, 0.5) is 5.69 Å². The van der Waals surface area contributed by atoms with Crippen LogP contribution in [0.15, 0.2) is 78.9 Å². The van der Waals surface area contributed by atoms with E-state index in [0.717, 1.165) is 16.7 Å². The molecule has 0 fully saturated rings. The van der Waals surface area contributed by atoms with Gasteiger partial charge in [-0.05, 0) is 42.7 Å². The molecule has 0 saturated carbocycles. The van der Waals surface area contributed by atoms with Crippen LogP contribution in [0.2, 0.25) is 0 Å². The lowest BCUT2D eigenvalue weighted by Gasteiger charge is -2.12. The van der Waals surface area contributed by atoms with E-state index in [-0.39, 0.29) is 12.5 Å². The van der Waals surface area contributed by atoms with E-state index in [9.17, 15) is 14.4 Å². The molecular formula is C25H24N2O4. The Morgan fingerprint density at radius 1 is 0.839 bits per heavy atom. The van der Waals surface area contributed by atoms with Gasteiger partial charge in [0.15, 0.2) is 6.61 Å². The molecule has 2 amide bonds. The predicted molar refractivity (Wildman–Crippen MR) is 119 cm³/mol. The van der Waals surface area contributed by atoms with Crippen molar-refractivity contribution in [3.05, 3.63) is 101 Å². The number of hydrogen-bond donors (Lipinski definition) is 2. The van der Waals surface area contributed by atoms with Crippen molar-refractivity contribution in [3.8, 4) is 0 Å². The third kappa shape index (κ3) is 6.82. The van der Waals surface area contributed by atoms with Crippen molar-refractivity contribution in [2.24, 2.45) is 0 Å². The van der Waals surface area contributed by atoms with Gasteiger partial charge in [0.25, 0.3) is 11.8 Å². The topological polar surface area (TPSA) is 84.5 Å². The molecule has 0 radical (unpaired) electrons. The van der Waals surface area contributed by atoms with E-state index in [4.69, 9.17) is 4.74 Å². The van der Waals surface area contributed by atoms with Crippen molar-refractivity contribution in [3.63, 3.8) is 0 Å². The van der Waals surface area contributed by atoms with Gasteiger partial charge in [0.2, 0.25) is 0 Å². The normalized spacial score (nSPS) is 10.2. The highest BCUT2D eigenvalue weighted by atomic mass is 16.5. The summed E-state index contributed by atoms with van der Waals surface area (Å²) in [4.78, 5) is 36.1. The number of nitrogens with one attached hydrogen (secondary N) is 2. The van der Waals surface area contributed by atoms with E-state index in [1.54, 1.807) is 18.2 Å². The predicted octanol–water partition coefficient (Wildman–Crippen LogP) is 3.50. The smallest absolute Gasteiger partial charge is 0.325 e. The van der Waals surface area contributed by atoms with Gasteiger partial charge in [0, 0.05) is 11.3 Å². The van der Waals surface area contributed by atoms with Crippen molar-refractivity contribution < 1.29 is 19.1 Å². The number of aryl methyl sites for hydroxylation is 1. The van der Waals surface area contributed by atoms with Crippen LogP contribution in [0, 0.1) is 6.92 Å². The number of esters is 1. The number of ether oxygens (including phenoxy) is 1. The second-order valence-electron chi connectivity index (χ2n) is 7.08. The molecule has 0 atom stereocenters. The first-order chi connectivity index (χ1) is 15.0. The molecule has 0 saturated heterocycles. The first kappa shape index (κ1) is 21.8. The second kappa shape index (κ2) is 10.7. The quantitative estimate of drug-likeness (QED) is 0.551. The van der Waals surface area contributed by atoms with Crippen molar-refractivity contribution in [2.75, 3.05) is 18.5 Å². The number of benzene rings is 3. The number of carbonyl (C=O) groups excluding carboxylic acids is 3. The zero-order valence-corrected chi connectivity index (χ0v) is 17.3. The summed E-state index contributed by atoms with van der Waals surface area (Å²) < 4.78 is 4.97. The molecule has 2 N–H and O–H groups in total. The van der Waals surface area contributed by atoms with Crippen LogP contribution in [-0.2, 0) is 20.7 Å². The fourth-order valence-corrected chi connectivity index (χ4v) is 2.95. The monoisotopic (exact) mass is 416 g/mol. The minimum absolute atomic E-state index is 0.315. The molecule has 3 aromatic carbocycles. The van der Waals surface area contributed by atoms with E-state index in [0.29, 0.717) is 17.7 Å². The van der Waals surface area contributed by atoms with Gasteiger partial charge < -0.3 is 15.4 Å². The molecule has 158 valence electrons. The molecule has 0 unspecified atom stereocenters. The Bertz CT molecular complexity index is 1050. The number of anilines is 1. The summed E-state index contributed by atoms with van der Waals surface area (Å²) in [6.45, 7) is 1.17. The van der Waals surface area contributed by atoms with E-state index in [1.165, 1.54) is 0 Å². The lowest BCUT2D eigenvalue weighted by molar-refractivity contribution is -0.146. The highest BCUT2D eigenvalue weighted by molar-refractivity contribution is 5.96. The highest BCUT2D eigenvalue weighted by Gasteiger charge is 2.12. The molecule has 3 aromatic rings. The molecule has 0 aromatic heterocycles. The summed E-state index contributed by atoms with van der Waals surface area (Å²) >= 11 is 0. The standard InChI is InChI=1S/C25H24N2O4/c1-18-11-13-20(14-12-18)25(30)26-16-24(29)31-17-23(28)27-22-10-6-5-9-21(22)15-19-7-3-2-4-8-19/h2-14H,15-17H2,1H3,(H,26,30)(H,27,28). The second-order valence-corrected chi connectivity index (χ2v) is 7.08. The van der Waals surface area contributed by atoms with Crippen LogP contribution in [0.5, 0.6) is 0 Å². The zero-order chi connectivity index (χ0) is 22.1. The van der Waals surface area contributed by atoms with Crippen LogP contribution in [0.25, 0.3) is 0 Å². The first-order valence-corrected chi connectivity index (χ1v) is 9.93. The zero-order valence-electron chi connectivity index (χ0n) is 17.3. The molecular weight excluding hydrogens is 392 g/mol. The van der Waals surface area contributed by atoms with Crippen LogP contribution in [-0.4, -0.2) is 30.9 Å². The van der Waals surface area contributed by atoms with Crippen molar-refractivity contribution in [1.29, 1.82) is 0 Å². The fourth-order valence-electron chi connectivity index (χ4n) is 2.95. The number of para-hydroxylation sites is 1. The minimum atomic E-state index is -0.687. The molecule has 6 heteroatoms. The maximum atomic E-state index is 12.2. The third-order valence-electron chi connectivity index (χ3n) is 4.60. The van der Waals surface area contributed by atoms with Gasteiger partial charge in [-0.25, -0.2) is 0 Å². The Hall–Kier alpha value is -3.93. The molecule has 0 bridgehead atoms. The number of rotatable bonds is 8. The molecule has 0 aliphatic heterocycles. The molecule has 6 nitrogen and oxygen atoms in total. The molecule has 0 spiro atoms. The summed E-state index contributed by atoms with van der Waals surface area (Å²) in [6, 6.07) is 24.4. The maximum absolute atomic E-state index is 12.2. The van der Waals surface area contributed by atoms with Gasteiger partial charge in [0.05, 0.1) is 0 Å². The molecule has 0 heterocycles. The summed E-state index contributed by atoms with van der Waals surface area (Å²) in [5.41, 5.74) is 4.23. The van der Waals surface area contributed by atoms with E-state index in [2.05, 4.69) is 10.6 Å². The van der Waals surface area contributed by atoms with E-state index in [1.807, 2.05) is 67.6 Å². The van der Waals surface area contributed by atoms with Crippen molar-refractivity contribution in [2.45, 2.75) is 13.3 Å². The Labute approximate surface area is 181 Å². The van der Waals surface area contributed by atoms with Gasteiger partial charge in [-0.15, -0.1) is 0 Å². The Kier molecular flexibility index (Phi) is 7.54. The van der Waals surface area contributed by atoms with Gasteiger partial charge in [0.1, 0.15) is 6.54 Å². The van der Waals surface area contributed by atoms with Gasteiger partial charge in [-0.1, -0.05) is 66.2 Å². The highest BCUT2D eigenvalue weighted by Crippen LogP contribution is 2.19. The lowest BCUT2D eigenvalue weighted by Crippen LogP contribution is -2.32. The van der Waals surface area contributed by atoms with Gasteiger partial charge in [-0.2, -0.15) is 0 Å². The number of carbonyl (C=O) groups is 3. The molecule has 3 rings (SSSR count). The van der Waals surface area contributed by atoms with E-state index < -0.39 is 18.5 Å². The fraction of sp³-hybridized carbons (Fsp3) is 0.160. The molecule has 0 aliphatic rings. The summed E-state index contributed by atoms with van der Waals surface area (Å²) in [5.74, 6) is -1.51. The van der Waals surface area contributed by atoms with Crippen LogP contribution in [0.3, 0.4) is 0 Å². The van der Waals surface area contributed by atoms with Gasteiger partial charge in [-0.3, -0.25) is 14.4 Å². The van der Waals surface area contributed by atoms with Crippen LogP contribution in [0.1, 0.15) is 27.0 Å². The summed E-state index contributed by atoms with van der Waals surface area (Å²) in [7, 11) is 0. The van der Waals surface area contributed by atoms with Crippen LogP contribution >= 0.6 is 0 Å². The molecule has 0 aliphatic carbocycles. The van der Waals surface area contributed by atoms with Crippen molar-refractivity contribution in [1.82, 2.24) is 5.32 Å². The lowest BCUT2D eigenvalue weighted by atomic mass is 10.0.